The second-order valence-corrected chi connectivity index (χ2v) is 4.27. The molecule has 0 bridgehead atoms. The molecule has 1 saturated heterocycles. The van der Waals surface area contributed by atoms with E-state index in [1.54, 1.807) is 4.90 Å². The molecule has 2 rings (SSSR count). The van der Waals surface area contributed by atoms with Crippen molar-refractivity contribution in [3.63, 3.8) is 0 Å². The maximum absolute atomic E-state index is 12.8. The zero-order valence-electron chi connectivity index (χ0n) is 9.61. The van der Waals surface area contributed by atoms with Crippen LogP contribution in [0.15, 0.2) is 18.2 Å². The molecule has 0 radical (unpaired) electrons. The Hall–Kier alpha value is -1.62. The van der Waals surface area contributed by atoms with E-state index in [9.17, 15) is 14.3 Å². The zero-order chi connectivity index (χ0) is 12.4. The summed E-state index contributed by atoms with van der Waals surface area (Å²) in [5, 5.41) is 12.8. The number of benzene rings is 1. The fraction of sp³-hybridized carbons (Fsp3) is 0.417. The number of halogens is 1. The van der Waals surface area contributed by atoms with Gasteiger partial charge in [0.05, 0.1) is 5.56 Å². The number of hydrogen-bond acceptors (Lipinski definition) is 3. The van der Waals surface area contributed by atoms with Crippen LogP contribution in [0.25, 0.3) is 0 Å². The maximum atomic E-state index is 12.8. The molecule has 1 aliphatic rings. The molecule has 1 amide bonds. The summed E-state index contributed by atoms with van der Waals surface area (Å²) in [7, 11) is 0. The number of hydrogen-bond donors (Lipinski definition) is 2. The van der Waals surface area contributed by atoms with Crippen LogP contribution in [-0.2, 0) is 0 Å². The predicted octanol–water partition coefficient (Wildman–Crippen LogP) is 0.965. The lowest BCUT2D eigenvalue weighted by Crippen LogP contribution is -2.51. The highest BCUT2D eigenvalue weighted by Crippen LogP contribution is 2.20. The van der Waals surface area contributed by atoms with Crippen molar-refractivity contribution in [2.24, 2.45) is 0 Å². The minimum atomic E-state index is -0.548. The number of amides is 1. The van der Waals surface area contributed by atoms with Gasteiger partial charge in [-0.1, -0.05) is 0 Å². The van der Waals surface area contributed by atoms with Crippen LogP contribution in [0.2, 0.25) is 0 Å². The normalized spacial score (nSPS) is 20.4. The van der Waals surface area contributed by atoms with E-state index in [4.69, 9.17) is 0 Å². The highest BCUT2D eigenvalue weighted by atomic mass is 19.1. The van der Waals surface area contributed by atoms with Crippen molar-refractivity contribution in [1.82, 2.24) is 10.2 Å². The van der Waals surface area contributed by atoms with Gasteiger partial charge in [0.2, 0.25) is 0 Å². The first-order valence-electron chi connectivity index (χ1n) is 5.59. The first-order valence-corrected chi connectivity index (χ1v) is 5.59. The van der Waals surface area contributed by atoms with Crippen LogP contribution in [0.4, 0.5) is 4.39 Å². The summed E-state index contributed by atoms with van der Waals surface area (Å²) in [6, 6.07) is 3.69. The fourth-order valence-corrected chi connectivity index (χ4v) is 1.97. The van der Waals surface area contributed by atoms with Gasteiger partial charge in [-0.15, -0.1) is 0 Å². The van der Waals surface area contributed by atoms with Gasteiger partial charge in [-0.05, 0) is 19.1 Å². The number of carbonyl (C=O) groups is 1. The van der Waals surface area contributed by atoms with Gasteiger partial charge in [-0.2, -0.15) is 0 Å². The summed E-state index contributed by atoms with van der Waals surface area (Å²) in [5.74, 6) is -1.11. The standard InChI is InChI=1S/C12H15FN2O2/c1-8-7-15(5-4-14-8)12(17)10-3-2-9(13)6-11(10)16/h2-3,6,8,14,16H,4-5,7H2,1H3. The van der Waals surface area contributed by atoms with Gasteiger partial charge in [-0.25, -0.2) is 4.39 Å². The van der Waals surface area contributed by atoms with Crippen molar-refractivity contribution < 1.29 is 14.3 Å². The topological polar surface area (TPSA) is 52.6 Å². The van der Waals surface area contributed by atoms with Crippen LogP contribution in [0.1, 0.15) is 17.3 Å². The fourth-order valence-electron chi connectivity index (χ4n) is 1.97. The summed E-state index contributed by atoms with van der Waals surface area (Å²) in [6.45, 7) is 3.91. The molecule has 1 atom stereocenters. The van der Waals surface area contributed by atoms with Gasteiger partial charge in [0.25, 0.3) is 5.91 Å². The van der Waals surface area contributed by atoms with Crippen molar-refractivity contribution >= 4 is 5.91 Å². The molecule has 1 aliphatic heterocycles. The Kier molecular flexibility index (Phi) is 3.28. The Balaban J connectivity index is 2.18. The van der Waals surface area contributed by atoms with E-state index in [1.807, 2.05) is 6.92 Å². The lowest BCUT2D eigenvalue weighted by Gasteiger charge is -2.32. The molecule has 92 valence electrons. The van der Waals surface area contributed by atoms with Crippen molar-refractivity contribution in [1.29, 1.82) is 0 Å². The van der Waals surface area contributed by atoms with Gasteiger partial charge in [0, 0.05) is 31.7 Å². The molecule has 0 saturated carbocycles. The Bertz CT molecular complexity index is 437. The van der Waals surface area contributed by atoms with Crippen LogP contribution in [0.5, 0.6) is 5.75 Å². The summed E-state index contributed by atoms with van der Waals surface area (Å²) in [4.78, 5) is 13.8. The monoisotopic (exact) mass is 238 g/mol. The van der Waals surface area contributed by atoms with Crippen LogP contribution < -0.4 is 5.32 Å². The number of phenolic OH excluding ortho intramolecular Hbond substituents is 1. The number of aromatic hydroxyl groups is 1. The number of carbonyl (C=O) groups excluding carboxylic acids is 1. The van der Waals surface area contributed by atoms with Crippen LogP contribution in [0, 0.1) is 5.82 Å². The largest absolute Gasteiger partial charge is 0.507 e. The third kappa shape index (κ3) is 2.55. The van der Waals surface area contributed by atoms with E-state index >= 15 is 0 Å². The van der Waals surface area contributed by atoms with Crippen molar-refractivity contribution in [3.05, 3.63) is 29.6 Å². The second-order valence-electron chi connectivity index (χ2n) is 4.27. The molecule has 2 N–H and O–H groups in total. The van der Waals surface area contributed by atoms with Crippen molar-refractivity contribution in [3.8, 4) is 5.75 Å². The number of phenols is 1. The van der Waals surface area contributed by atoms with E-state index in [0.717, 1.165) is 12.6 Å². The molecule has 17 heavy (non-hydrogen) atoms. The quantitative estimate of drug-likeness (QED) is 0.766. The smallest absolute Gasteiger partial charge is 0.257 e. The van der Waals surface area contributed by atoms with Crippen LogP contribution >= 0.6 is 0 Å². The molecule has 1 unspecified atom stereocenters. The third-order valence-electron chi connectivity index (χ3n) is 2.85. The number of nitrogens with zero attached hydrogens (tertiary/aromatic N) is 1. The van der Waals surface area contributed by atoms with Gasteiger partial charge < -0.3 is 15.3 Å². The van der Waals surface area contributed by atoms with Gasteiger partial charge in [-0.3, -0.25) is 4.79 Å². The summed E-state index contributed by atoms with van der Waals surface area (Å²) in [6.07, 6.45) is 0. The Morgan fingerprint density at radius 3 is 3.00 bits per heavy atom. The molecular formula is C12H15FN2O2. The maximum Gasteiger partial charge on any atom is 0.257 e. The molecule has 1 aromatic carbocycles. The molecule has 1 fully saturated rings. The minimum absolute atomic E-state index is 0.153. The highest BCUT2D eigenvalue weighted by molar-refractivity contribution is 5.96. The lowest BCUT2D eigenvalue weighted by molar-refractivity contribution is 0.0706. The van der Waals surface area contributed by atoms with Gasteiger partial charge >= 0.3 is 0 Å². The van der Waals surface area contributed by atoms with Crippen LogP contribution in [0.3, 0.4) is 0 Å². The van der Waals surface area contributed by atoms with E-state index in [0.29, 0.717) is 13.1 Å². The Labute approximate surface area is 99.0 Å². The van der Waals surface area contributed by atoms with Crippen LogP contribution in [-0.4, -0.2) is 41.6 Å². The Morgan fingerprint density at radius 2 is 2.35 bits per heavy atom. The molecule has 0 spiro atoms. The molecule has 5 heteroatoms. The van der Waals surface area contributed by atoms with E-state index in [-0.39, 0.29) is 23.3 Å². The summed E-state index contributed by atoms with van der Waals surface area (Å²) < 4.78 is 12.8. The molecule has 4 nitrogen and oxygen atoms in total. The first-order chi connectivity index (χ1) is 8.08. The SMILES string of the molecule is CC1CN(C(=O)c2ccc(F)cc2O)CCN1. The summed E-state index contributed by atoms with van der Waals surface area (Å²) in [5.41, 5.74) is 0.153. The summed E-state index contributed by atoms with van der Waals surface area (Å²) >= 11 is 0. The van der Waals surface area contributed by atoms with E-state index in [1.165, 1.54) is 12.1 Å². The molecule has 1 aromatic rings. The van der Waals surface area contributed by atoms with Crippen molar-refractivity contribution in [2.75, 3.05) is 19.6 Å². The predicted molar refractivity (Wildman–Crippen MR) is 61.4 cm³/mol. The Morgan fingerprint density at radius 1 is 1.59 bits per heavy atom. The molecule has 0 aliphatic carbocycles. The average molecular weight is 238 g/mol. The van der Waals surface area contributed by atoms with E-state index < -0.39 is 5.82 Å². The van der Waals surface area contributed by atoms with Crippen molar-refractivity contribution in [2.45, 2.75) is 13.0 Å². The number of piperazine rings is 1. The molecule has 0 aromatic heterocycles. The molecule has 1 heterocycles. The van der Waals surface area contributed by atoms with Gasteiger partial charge in [0.1, 0.15) is 11.6 Å². The minimum Gasteiger partial charge on any atom is -0.507 e. The second kappa shape index (κ2) is 4.71. The zero-order valence-corrected chi connectivity index (χ0v) is 9.61. The average Bonchev–Trinajstić information content (AvgIpc) is 2.28. The van der Waals surface area contributed by atoms with E-state index in [2.05, 4.69) is 5.32 Å². The number of nitrogens with one attached hydrogen (secondary N) is 1. The molecular weight excluding hydrogens is 223 g/mol. The first kappa shape index (κ1) is 11.9. The highest BCUT2D eigenvalue weighted by Gasteiger charge is 2.23. The number of rotatable bonds is 1. The van der Waals surface area contributed by atoms with Gasteiger partial charge in [0.15, 0.2) is 0 Å². The lowest BCUT2D eigenvalue weighted by atomic mass is 10.1. The third-order valence-corrected chi connectivity index (χ3v) is 2.85.